The summed E-state index contributed by atoms with van der Waals surface area (Å²) in [4.78, 5) is 18.7. The Kier molecular flexibility index (Phi) is 5.96. The van der Waals surface area contributed by atoms with E-state index in [1.807, 2.05) is 17.0 Å². The number of aryl methyl sites for hydroxylation is 2. The van der Waals surface area contributed by atoms with E-state index in [0.717, 1.165) is 32.1 Å². The van der Waals surface area contributed by atoms with Crippen LogP contribution in [-0.4, -0.2) is 43.8 Å². The van der Waals surface area contributed by atoms with Crippen LogP contribution in [0.1, 0.15) is 47.2 Å². The van der Waals surface area contributed by atoms with E-state index in [-0.39, 0.29) is 11.8 Å². The zero-order chi connectivity index (χ0) is 20.3. The average Bonchev–Trinajstić information content (AvgIpc) is 2.78. The highest BCUT2D eigenvalue weighted by molar-refractivity contribution is 7.89. The number of aromatic nitrogens is 1. The molecule has 1 aromatic heterocycles. The van der Waals surface area contributed by atoms with Crippen molar-refractivity contribution >= 4 is 15.9 Å². The number of pyridine rings is 1. The average molecular weight is 414 g/mol. The molecule has 1 saturated heterocycles. The number of nitrogens with zero attached hydrogens (tertiary/aromatic N) is 2. The lowest BCUT2D eigenvalue weighted by atomic mass is 9.92. The summed E-state index contributed by atoms with van der Waals surface area (Å²) in [7, 11) is -3.50. The second kappa shape index (κ2) is 8.63. The van der Waals surface area contributed by atoms with E-state index in [1.165, 1.54) is 17.5 Å². The lowest BCUT2D eigenvalue weighted by Crippen LogP contribution is -2.41. The number of carbonyl (C=O) groups is 1. The first-order valence-corrected chi connectivity index (χ1v) is 11.8. The summed E-state index contributed by atoms with van der Waals surface area (Å²) in [6.45, 7) is 1.70. The summed E-state index contributed by atoms with van der Waals surface area (Å²) in [6, 6.07) is 8.98. The Morgan fingerprint density at radius 2 is 1.72 bits per heavy atom. The second-order valence-corrected chi connectivity index (χ2v) is 9.73. The number of fused-ring (bicyclic) bond motifs is 1. The Bertz CT molecular complexity index is 968. The molecule has 7 heteroatoms. The molecule has 6 nitrogen and oxygen atoms in total. The first-order valence-electron chi connectivity index (χ1n) is 10.3. The fourth-order valence-electron chi connectivity index (χ4n) is 4.21. The third-order valence-electron chi connectivity index (χ3n) is 6.02. The molecule has 154 valence electrons. The number of amides is 1. The zero-order valence-corrected chi connectivity index (χ0v) is 17.3. The molecule has 1 aliphatic heterocycles. The predicted octanol–water partition coefficient (Wildman–Crippen LogP) is 2.79. The minimum absolute atomic E-state index is 0.0143. The Labute approximate surface area is 172 Å². The molecule has 1 aromatic carbocycles. The van der Waals surface area contributed by atoms with E-state index in [4.69, 9.17) is 0 Å². The number of likely N-dealkylation sites (tertiary alicyclic amines) is 1. The highest BCUT2D eigenvalue weighted by Crippen LogP contribution is 2.24. The van der Waals surface area contributed by atoms with E-state index in [9.17, 15) is 13.2 Å². The molecule has 0 atom stereocenters. The molecule has 2 aromatic rings. The molecule has 1 aliphatic carbocycles. The van der Waals surface area contributed by atoms with Crippen molar-refractivity contribution < 1.29 is 13.2 Å². The molecule has 0 unspecified atom stereocenters. The van der Waals surface area contributed by atoms with Crippen LogP contribution in [0.15, 0.2) is 47.6 Å². The smallest absolute Gasteiger partial charge is 0.253 e. The topological polar surface area (TPSA) is 79.4 Å². The normalized spacial score (nSPS) is 17.7. The fourth-order valence-corrected chi connectivity index (χ4v) is 5.37. The molecule has 2 aliphatic rings. The Balaban J connectivity index is 1.31. The Morgan fingerprint density at radius 1 is 1.03 bits per heavy atom. The van der Waals surface area contributed by atoms with Gasteiger partial charge in [-0.15, -0.1) is 0 Å². The van der Waals surface area contributed by atoms with Gasteiger partial charge in [0, 0.05) is 37.6 Å². The van der Waals surface area contributed by atoms with Crippen molar-refractivity contribution in [2.75, 3.05) is 19.6 Å². The minimum Gasteiger partial charge on any atom is -0.339 e. The van der Waals surface area contributed by atoms with Crippen molar-refractivity contribution in [3.63, 3.8) is 0 Å². The van der Waals surface area contributed by atoms with Gasteiger partial charge in [0.25, 0.3) is 5.91 Å². The van der Waals surface area contributed by atoms with Crippen LogP contribution in [0.5, 0.6) is 0 Å². The number of rotatable bonds is 5. The van der Waals surface area contributed by atoms with Gasteiger partial charge in [0.05, 0.1) is 4.90 Å². The van der Waals surface area contributed by atoms with Crippen LogP contribution >= 0.6 is 0 Å². The summed E-state index contributed by atoms with van der Waals surface area (Å²) in [5.41, 5.74) is 3.09. The fraction of sp³-hybridized carbons (Fsp3) is 0.455. The first-order chi connectivity index (χ1) is 14.0. The van der Waals surface area contributed by atoms with E-state index >= 15 is 0 Å². The molecule has 1 N–H and O–H groups in total. The van der Waals surface area contributed by atoms with Gasteiger partial charge in [-0.1, -0.05) is 6.07 Å². The van der Waals surface area contributed by atoms with Gasteiger partial charge in [-0.25, -0.2) is 13.1 Å². The van der Waals surface area contributed by atoms with E-state index < -0.39 is 10.0 Å². The standard InChI is InChI=1S/C22H27N3O3S/c26-22(19-7-11-23-12-8-19)25-13-9-17(10-14-25)16-24-29(27,28)21-6-5-18-3-1-2-4-20(18)15-21/h5-8,11-12,15,17,24H,1-4,9-10,13-14,16H2. The highest BCUT2D eigenvalue weighted by Gasteiger charge is 2.25. The van der Waals surface area contributed by atoms with Gasteiger partial charge in [-0.2, -0.15) is 0 Å². The monoisotopic (exact) mass is 413 g/mol. The van der Waals surface area contributed by atoms with Gasteiger partial charge >= 0.3 is 0 Å². The number of benzene rings is 1. The quantitative estimate of drug-likeness (QED) is 0.817. The molecule has 29 heavy (non-hydrogen) atoms. The van der Waals surface area contributed by atoms with Crippen molar-refractivity contribution in [2.24, 2.45) is 5.92 Å². The molecular weight excluding hydrogens is 386 g/mol. The number of piperidine rings is 1. The largest absolute Gasteiger partial charge is 0.339 e. The SMILES string of the molecule is O=C(c1ccncc1)N1CCC(CNS(=O)(=O)c2ccc3c(c2)CCCC3)CC1. The molecular formula is C22H27N3O3S. The van der Waals surface area contributed by atoms with Gasteiger partial charge in [0.2, 0.25) is 10.0 Å². The number of hydrogen-bond donors (Lipinski definition) is 1. The minimum atomic E-state index is -3.50. The van der Waals surface area contributed by atoms with Crippen molar-refractivity contribution in [1.82, 2.24) is 14.6 Å². The second-order valence-electron chi connectivity index (χ2n) is 7.96. The summed E-state index contributed by atoms with van der Waals surface area (Å²) in [5.74, 6) is 0.254. The van der Waals surface area contributed by atoms with E-state index in [2.05, 4.69) is 9.71 Å². The third kappa shape index (κ3) is 4.67. The summed E-state index contributed by atoms with van der Waals surface area (Å²) in [6.07, 6.45) is 9.14. The molecule has 2 heterocycles. The summed E-state index contributed by atoms with van der Waals surface area (Å²) < 4.78 is 28.3. The lowest BCUT2D eigenvalue weighted by molar-refractivity contribution is 0.0692. The maximum Gasteiger partial charge on any atom is 0.253 e. The molecule has 4 rings (SSSR count). The molecule has 0 spiro atoms. The number of sulfonamides is 1. The van der Waals surface area contributed by atoms with Crippen LogP contribution in [0.25, 0.3) is 0 Å². The highest BCUT2D eigenvalue weighted by atomic mass is 32.2. The summed E-state index contributed by atoms with van der Waals surface area (Å²) >= 11 is 0. The lowest BCUT2D eigenvalue weighted by Gasteiger charge is -2.32. The maximum absolute atomic E-state index is 12.7. The van der Waals surface area contributed by atoms with Crippen LogP contribution < -0.4 is 4.72 Å². The van der Waals surface area contributed by atoms with Gasteiger partial charge in [-0.05, 0) is 79.8 Å². The molecule has 0 radical (unpaired) electrons. The first kappa shape index (κ1) is 20.0. The third-order valence-corrected chi connectivity index (χ3v) is 7.44. The van der Waals surface area contributed by atoms with Gasteiger partial charge in [0.1, 0.15) is 0 Å². The Morgan fingerprint density at radius 3 is 2.45 bits per heavy atom. The van der Waals surface area contributed by atoms with Gasteiger partial charge < -0.3 is 4.90 Å². The Hall–Kier alpha value is -2.25. The van der Waals surface area contributed by atoms with Crippen LogP contribution in [-0.2, 0) is 22.9 Å². The van der Waals surface area contributed by atoms with Crippen molar-refractivity contribution in [2.45, 2.75) is 43.4 Å². The maximum atomic E-state index is 12.7. The summed E-state index contributed by atoms with van der Waals surface area (Å²) in [5, 5.41) is 0. The number of hydrogen-bond acceptors (Lipinski definition) is 4. The number of carbonyl (C=O) groups excluding carboxylic acids is 1. The van der Waals surface area contributed by atoms with Crippen molar-refractivity contribution in [1.29, 1.82) is 0 Å². The van der Waals surface area contributed by atoms with Crippen LogP contribution in [0, 0.1) is 5.92 Å². The van der Waals surface area contributed by atoms with Crippen molar-refractivity contribution in [3.8, 4) is 0 Å². The molecule has 1 amide bonds. The molecule has 0 saturated carbocycles. The van der Waals surface area contributed by atoms with E-state index in [1.54, 1.807) is 30.6 Å². The predicted molar refractivity (Wildman–Crippen MR) is 111 cm³/mol. The van der Waals surface area contributed by atoms with E-state index in [0.29, 0.717) is 30.1 Å². The molecule has 0 bridgehead atoms. The molecule has 1 fully saturated rings. The van der Waals surface area contributed by atoms with Crippen molar-refractivity contribution in [3.05, 3.63) is 59.4 Å². The van der Waals surface area contributed by atoms with Gasteiger partial charge in [0.15, 0.2) is 0 Å². The van der Waals surface area contributed by atoms with Crippen LogP contribution in [0.3, 0.4) is 0 Å². The van der Waals surface area contributed by atoms with Crippen LogP contribution in [0.2, 0.25) is 0 Å². The van der Waals surface area contributed by atoms with Crippen LogP contribution in [0.4, 0.5) is 0 Å². The number of nitrogens with one attached hydrogen (secondary N) is 1. The zero-order valence-electron chi connectivity index (χ0n) is 16.5. The van der Waals surface area contributed by atoms with Gasteiger partial charge in [-0.3, -0.25) is 9.78 Å².